The van der Waals surface area contributed by atoms with Gasteiger partial charge in [-0.2, -0.15) is 5.10 Å². The maximum Gasteiger partial charge on any atom is 0.243 e. The molecule has 0 radical (unpaired) electrons. The van der Waals surface area contributed by atoms with Crippen molar-refractivity contribution in [3.63, 3.8) is 0 Å². The largest absolute Gasteiger partial charge is 0.326 e. The lowest BCUT2D eigenvalue weighted by Gasteiger charge is -2.10. The third-order valence-electron chi connectivity index (χ3n) is 2.77. The Morgan fingerprint density at radius 1 is 1.33 bits per heavy atom. The van der Waals surface area contributed by atoms with E-state index in [4.69, 9.17) is 5.73 Å². The van der Waals surface area contributed by atoms with Crippen LogP contribution in [-0.2, 0) is 23.1 Å². The van der Waals surface area contributed by atoms with Crippen LogP contribution in [0.1, 0.15) is 5.56 Å². The topological polar surface area (TPSA) is 90.0 Å². The van der Waals surface area contributed by atoms with Crippen molar-refractivity contribution in [3.8, 4) is 0 Å². The number of nitrogens with zero attached hydrogens (tertiary/aromatic N) is 2. The van der Waals surface area contributed by atoms with Crippen molar-refractivity contribution < 1.29 is 17.2 Å². The van der Waals surface area contributed by atoms with Crippen LogP contribution in [0.3, 0.4) is 0 Å². The van der Waals surface area contributed by atoms with E-state index in [-0.39, 0.29) is 25.2 Å². The molecule has 3 N–H and O–H groups in total. The average molecular weight is 316 g/mol. The lowest BCUT2D eigenvalue weighted by atomic mass is 10.2. The molecule has 0 aliphatic heterocycles. The van der Waals surface area contributed by atoms with Crippen LogP contribution in [0, 0.1) is 11.6 Å². The summed E-state index contributed by atoms with van der Waals surface area (Å²) in [6.45, 7) is 0.178. The van der Waals surface area contributed by atoms with Gasteiger partial charge in [-0.15, -0.1) is 0 Å². The standard InChI is InChI=1S/C12H14F2N4O2S/c13-10-6-9(8-15)7-11(12(10)14)21(19,20)17-3-5-18-4-1-2-16-18/h1-2,4,6-7,17H,3,5,8,15H2. The lowest BCUT2D eigenvalue weighted by Crippen LogP contribution is -2.28. The van der Waals surface area contributed by atoms with Crippen molar-refractivity contribution in [2.75, 3.05) is 6.54 Å². The minimum Gasteiger partial charge on any atom is -0.326 e. The SMILES string of the molecule is NCc1cc(F)c(F)c(S(=O)(=O)NCCn2cccn2)c1. The number of nitrogens with two attached hydrogens (primary N) is 1. The predicted octanol–water partition coefficient (Wildman–Crippen LogP) is 0.598. The highest BCUT2D eigenvalue weighted by molar-refractivity contribution is 7.89. The number of hydrogen-bond donors (Lipinski definition) is 2. The molecule has 2 rings (SSSR count). The van der Waals surface area contributed by atoms with Crippen molar-refractivity contribution in [1.82, 2.24) is 14.5 Å². The summed E-state index contributed by atoms with van der Waals surface area (Å²) in [5.41, 5.74) is 5.53. The molecule has 0 saturated carbocycles. The molecule has 1 aromatic heterocycles. The van der Waals surface area contributed by atoms with Crippen molar-refractivity contribution in [1.29, 1.82) is 0 Å². The third kappa shape index (κ3) is 3.63. The molecule has 9 heteroatoms. The molecule has 1 aromatic carbocycles. The maximum absolute atomic E-state index is 13.7. The van der Waals surface area contributed by atoms with Crippen LogP contribution in [0.4, 0.5) is 8.78 Å². The maximum atomic E-state index is 13.7. The van der Waals surface area contributed by atoms with Crippen molar-refractivity contribution in [3.05, 3.63) is 47.8 Å². The van der Waals surface area contributed by atoms with E-state index in [1.807, 2.05) is 0 Å². The van der Waals surface area contributed by atoms with Gasteiger partial charge in [-0.1, -0.05) is 0 Å². The van der Waals surface area contributed by atoms with Crippen molar-refractivity contribution >= 4 is 10.0 Å². The van der Waals surface area contributed by atoms with E-state index < -0.39 is 26.6 Å². The summed E-state index contributed by atoms with van der Waals surface area (Å²) >= 11 is 0. The second kappa shape index (κ2) is 6.29. The minimum atomic E-state index is -4.16. The zero-order valence-electron chi connectivity index (χ0n) is 11.0. The van der Waals surface area contributed by atoms with Gasteiger partial charge in [-0.25, -0.2) is 21.9 Å². The fourth-order valence-electron chi connectivity index (χ4n) is 1.74. The number of aromatic nitrogens is 2. The lowest BCUT2D eigenvalue weighted by molar-refractivity contribution is 0.480. The number of nitrogens with one attached hydrogen (secondary N) is 1. The molecule has 0 aliphatic carbocycles. The Kier molecular flexibility index (Phi) is 4.66. The summed E-state index contributed by atoms with van der Waals surface area (Å²) in [7, 11) is -4.16. The van der Waals surface area contributed by atoms with Gasteiger partial charge in [0.2, 0.25) is 10.0 Å². The van der Waals surface area contributed by atoms with Gasteiger partial charge >= 0.3 is 0 Å². The Labute approximate surface area is 120 Å². The quantitative estimate of drug-likeness (QED) is 0.816. The number of halogens is 2. The summed E-state index contributed by atoms with van der Waals surface area (Å²) in [5, 5.41) is 3.90. The molecule has 0 bridgehead atoms. The van der Waals surface area contributed by atoms with Crippen LogP contribution in [0.2, 0.25) is 0 Å². The predicted molar refractivity (Wildman–Crippen MR) is 71.7 cm³/mol. The van der Waals surface area contributed by atoms with Gasteiger partial charge in [0.25, 0.3) is 0 Å². The Hall–Kier alpha value is -1.84. The fourth-order valence-corrected chi connectivity index (χ4v) is 2.89. The number of hydrogen-bond acceptors (Lipinski definition) is 4. The van der Waals surface area contributed by atoms with E-state index in [0.717, 1.165) is 12.1 Å². The Bertz CT molecular complexity index is 717. The van der Waals surface area contributed by atoms with Crippen LogP contribution >= 0.6 is 0 Å². The van der Waals surface area contributed by atoms with Gasteiger partial charge in [0.05, 0.1) is 6.54 Å². The zero-order chi connectivity index (χ0) is 15.5. The molecule has 0 aliphatic rings. The Morgan fingerprint density at radius 3 is 2.71 bits per heavy atom. The smallest absolute Gasteiger partial charge is 0.243 e. The molecule has 6 nitrogen and oxygen atoms in total. The second-order valence-electron chi connectivity index (χ2n) is 4.26. The summed E-state index contributed by atoms with van der Waals surface area (Å²) in [5.74, 6) is -2.66. The molecule has 21 heavy (non-hydrogen) atoms. The molecule has 1 heterocycles. The molecule has 0 unspecified atom stereocenters. The third-order valence-corrected chi connectivity index (χ3v) is 4.23. The van der Waals surface area contributed by atoms with Gasteiger partial charge in [-0.05, 0) is 23.8 Å². The Balaban J connectivity index is 2.17. The monoisotopic (exact) mass is 316 g/mol. The summed E-state index contributed by atoms with van der Waals surface area (Å²) in [6.07, 6.45) is 3.21. The number of sulfonamides is 1. The van der Waals surface area contributed by atoms with Gasteiger partial charge in [-0.3, -0.25) is 4.68 Å². The molecule has 0 saturated heterocycles. The van der Waals surface area contributed by atoms with Gasteiger partial charge in [0.1, 0.15) is 4.90 Å². The first kappa shape index (κ1) is 15.5. The van der Waals surface area contributed by atoms with E-state index in [1.165, 1.54) is 4.68 Å². The molecular weight excluding hydrogens is 302 g/mol. The van der Waals surface area contributed by atoms with Gasteiger partial charge in [0.15, 0.2) is 11.6 Å². The van der Waals surface area contributed by atoms with Crippen LogP contribution in [0.15, 0.2) is 35.5 Å². The highest BCUT2D eigenvalue weighted by atomic mass is 32.2. The van der Waals surface area contributed by atoms with Crippen LogP contribution in [0.5, 0.6) is 0 Å². The number of benzene rings is 1. The highest BCUT2D eigenvalue weighted by Gasteiger charge is 2.22. The molecule has 0 amide bonds. The first-order valence-electron chi connectivity index (χ1n) is 6.09. The normalized spacial score (nSPS) is 11.8. The zero-order valence-corrected chi connectivity index (χ0v) is 11.8. The first-order chi connectivity index (χ1) is 9.94. The van der Waals surface area contributed by atoms with Gasteiger partial charge in [0, 0.05) is 25.5 Å². The summed E-state index contributed by atoms with van der Waals surface area (Å²) < 4.78 is 54.8. The average Bonchev–Trinajstić information content (AvgIpc) is 2.94. The molecule has 114 valence electrons. The molecule has 0 spiro atoms. The van der Waals surface area contributed by atoms with E-state index >= 15 is 0 Å². The highest BCUT2D eigenvalue weighted by Crippen LogP contribution is 2.19. The van der Waals surface area contributed by atoms with Crippen LogP contribution in [0.25, 0.3) is 0 Å². The van der Waals surface area contributed by atoms with Crippen molar-refractivity contribution in [2.45, 2.75) is 18.0 Å². The van der Waals surface area contributed by atoms with E-state index in [1.54, 1.807) is 18.5 Å². The number of rotatable bonds is 6. The fraction of sp³-hybridized carbons (Fsp3) is 0.250. The minimum absolute atomic E-state index is 0.00206. The van der Waals surface area contributed by atoms with E-state index in [2.05, 4.69) is 9.82 Å². The second-order valence-corrected chi connectivity index (χ2v) is 6.00. The van der Waals surface area contributed by atoms with Crippen LogP contribution in [-0.4, -0.2) is 24.7 Å². The Morgan fingerprint density at radius 2 is 2.10 bits per heavy atom. The van der Waals surface area contributed by atoms with E-state index in [9.17, 15) is 17.2 Å². The van der Waals surface area contributed by atoms with Gasteiger partial charge < -0.3 is 5.73 Å². The molecule has 0 atom stereocenters. The summed E-state index contributed by atoms with van der Waals surface area (Å²) in [4.78, 5) is -0.747. The molecule has 0 fully saturated rings. The summed E-state index contributed by atoms with van der Waals surface area (Å²) in [6, 6.07) is 3.58. The molecular formula is C12H14F2N4O2S. The first-order valence-corrected chi connectivity index (χ1v) is 7.57. The van der Waals surface area contributed by atoms with E-state index in [0.29, 0.717) is 0 Å². The van der Waals surface area contributed by atoms with Crippen molar-refractivity contribution in [2.24, 2.45) is 5.73 Å². The van der Waals surface area contributed by atoms with Crippen LogP contribution < -0.4 is 10.5 Å². The molecule has 2 aromatic rings.